The number of hydrogen-bond acceptors (Lipinski definition) is 3. The molecule has 0 aliphatic carbocycles. The van der Waals surface area contributed by atoms with E-state index in [0.717, 1.165) is 12.1 Å². The first kappa shape index (κ1) is 14.8. The van der Waals surface area contributed by atoms with Gasteiger partial charge in [0.05, 0.1) is 5.56 Å². The number of amides is 3. The summed E-state index contributed by atoms with van der Waals surface area (Å²) < 4.78 is 13.3. The lowest BCUT2D eigenvalue weighted by atomic mass is 10.2. The highest BCUT2D eigenvalue weighted by Gasteiger charge is 2.20. The quantitative estimate of drug-likeness (QED) is 0.754. The van der Waals surface area contributed by atoms with Gasteiger partial charge in [-0.15, -0.1) is 0 Å². The summed E-state index contributed by atoms with van der Waals surface area (Å²) in [6, 6.07) is 2.73. The maximum absolute atomic E-state index is 13.3. The monoisotopic (exact) mass is 295 g/mol. The van der Waals surface area contributed by atoms with Crippen molar-refractivity contribution in [3.05, 3.63) is 29.6 Å². The van der Waals surface area contributed by atoms with Crippen molar-refractivity contribution < 1.29 is 23.9 Å². The highest BCUT2D eigenvalue weighted by molar-refractivity contribution is 5.94. The molecule has 1 aliphatic rings. The molecule has 1 heterocycles. The first-order valence-electron chi connectivity index (χ1n) is 6.33. The summed E-state index contributed by atoms with van der Waals surface area (Å²) in [4.78, 5) is 35.5. The molecular formula is C13H14FN3O4. The van der Waals surface area contributed by atoms with E-state index in [-0.39, 0.29) is 18.1 Å². The predicted octanol–water partition coefficient (Wildman–Crippen LogP) is 0.878. The molecule has 0 saturated carbocycles. The van der Waals surface area contributed by atoms with E-state index in [1.165, 1.54) is 11.0 Å². The number of nitrogens with one attached hydrogen (secondary N) is 2. The summed E-state index contributed by atoms with van der Waals surface area (Å²) in [7, 11) is 0. The number of urea groups is 1. The van der Waals surface area contributed by atoms with E-state index in [0.29, 0.717) is 19.5 Å². The molecule has 7 nitrogen and oxygen atoms in total. The largest absolute Gasteiger partial charge is 0.478 e. The highest BCUT2D eigenvalue weighted by Crippen LogP contribution is 2.15. The molecule has 112 valence electrons. The number of rotatable bonds is 2. The van der Waals surface area contributed by atoms with Crippen LogP contribution in [0.15, 0.2) is 18.2 Å². The van der Waals surface area contributed by atoms with Crippen LogP contribution in [0.3, 0.4) is 0 Å². The number of halogens is 1. The third-order valence-electron chi connectivity index (χ3n) is 3.00. The lowest BCUT2D eigenvalue weighted by Gasteiger charge is -2.19. The van der Waals surface area contributed by atoms with Crippen LogP contribution in [0.25, 0.3) is 0 Å². The van der Waals surface area contributed by atoms with E-state index in [4.69, 9.17) is 5.11 Å². The molecular weight excluding hydrogens is 281 g/mol. The van der Waals surface area contributed by atoms with Crippen LogP contribution in [-0.2, 0) is 4.79 Å². The van der Waals surface area contributed by atoms with E-state index in [1.54, 1.807) is 0 Å². The Balaban J connectivity index is 2.10. The Morgan fingerprint density at radius 2 is 2.14 bits per heavy atom. The highest BCUT2D eigenvalue weighted by atomic mass is 19.1. The average molecular weight is 295 g/mol. The molecule has 1 aromatic carbocycles. The number of carbonyl (C=O) groups excluding carboxylic acids is 2. The number of hydrogen-bond donors (Lipinski definition) is 3. The van der Waals surface area contributed by atoms with Crippen molar-refractivity contribution in [1.29, 1.82) is 0 Å². The SMILES string of the molecule is O=C1CN(C(=O)Nc2ccc(F)c(C(=O)O)c2)CCCN1. The third kappa shape index (κ3) is 3.68. The molecule has 3 amide bonds. The van der Waals surface area contributed by atoms with Crippen LogP contribution in [0, 0.1) is 5.82 Å². The predicted molar refractivity (Wildman–Crippen MR) is 71.6 cm³/mol. The van der Waals surface area contributed by atoms with E-state index >= 15 is 0 Å². The normalized spacial score (nSPS) is 15.1. The van der Waals surface area contributed by atoms with Crippen molar-refractivity contribution in [2.24, 2.45) is 0 Å². The Hall–Kier alpha value is -2.64. The molecule has 0 radical (unpaired) electrons. The van der Waals surface area contributed by atoms with Gasteiger partial charge in [-0.2, -0.15) is 0 Å². The number of carbonyl (C=O) groups is 3. The summed E-state index contributed by atoms with van der Waals surface area (Å²) in [5.41, 5.74) is -0.370. The second-order valence-corrected chi connectivity index (χ2v) is 4.55. The Labute approximate surface area is 119 Å². The first-order chi connectivity index (χ1) is 9.97. The van der Waals surface area contributed by atoms with Crippen molar-refractivity contribution in [3.8, 4) is 0 Å². The topological polar surface area (TPSA) is 98.7 Å². The molecule has 1 saturated heterocycles. The molecule has 8 heteroatoms. The second-order valence-electron chi connectivity index (χ2n) is 4.55. The number of carboxylic acids is 1. The minimum Gasteiger partial charge on any atom is -0.478 e. The fraction of sp³-hybridized carbons (Fsp3) is 0.308. The zero-order valence-electron chi connectivity index (χ0n) is 11.1. The zero-order valence-corrected chi connectivity index (χ0v) is 11.1. The molecule has 2 rings (SSSR count). The first-order valence-corrected chi connectivity index (χ1v) is 6.33. The maximum Gasteiger partial charge on any atom is 0.338 e. The van der Waals surface area contributed by atoms with Crippen LogP contribution in [0.1, 0.15) is 16.8 Å². The smallest absolute Gasteiger partial charge is 0.338 e. The molecule has 0 unspecified atom stereocenters. The van der Waals surface area contributed by atoms with Crippen LogP contribution in [0.5, 0.6) is 0 Å². The summed E-state index contributed by atoms with van der Waals surface area (Å²) in [5.74, 6) is -2.56. The number of benzene rings is 1. The zero-order chi connectivity index (χ0) is 15.4. The Morgan fingerprint density at radius 1 is 1.38 bits per heavy atom. The van der Waals surface area contributed by atoms with Crippen molar-refractivity contribution in [1.82, 2.24) is 10.2 Å². The van der Waals surface area contributed by atoms with Gasteiger partial charge in [0, 0.05) is 18.8 Å². The molecule has 0 atom stereocenters. The van der Waals surface area contributed by atoms with Gasteiger partial charge in [0.1, 0.15) is 12.4 Å². The summed E-state index contributed by atoms with van der Waals surface area (Å²) >= 11 is 0. The van der Waals surface area contributed by atoms with E-state index in [2.05, 4.69) is 10.6 Å². The fourth-order valence-corrected chi connectivity index (χ4v) is 1.95. The Kier molecular flexibility index (Phi) is 4.36. The van der Waals surface area contributed by atoms with Gasteiger partial charge in [-0.3, -0.25) is 4.79 Å². The van der Waals surface area contributed by atoms with Gasteiger partial charge in [-0.05, 0) is 24.6 Å². The second kappa shape index (κ2) is 6.21. The van der Waals surface area contributed by atoms with Crippen molar-refractivity contribution in [2.75, 3.05) is 25.0 Å². The van der Waals surface area contributed by atoms with Gasteiger partial charge < -0.3 is 20.6 Å². The van der Waals surface area contributed by atoms with Gasteiger partial charge in [0.2, 0.25) is 5.91 Å². The van der Waals surface area contributed by atoms with Crippen molar-refractivity contribution in [2.45, 2.75) is 6.42 Å². The molecule has 21 heavy (non-hydrogen) atoms. The number of aromatic carboxylic acids is 1. The van der Waals surface area contributed by atoms with Gasteiger partial charge in [0.25, 0.3) is 0 Å². The van der Waals surface area contributed by atoms with Crippen molar-refractivity contribution in [3.63, 3.8) is 0 Å². The number of anilines is 1. The average Bonchev–Trinajstić information content (AvgIpc) is 2.65. The number of nitrogens with zero attached hydrogens (tertiary/aromatic N) is 1. The van der Waals surface area contributed by atoms with Crippen LogP contribution < -0.4 is 10.6 Å². The van der Waals surface area contributed by atoms with Crippen LogP contribution in [0.4, 0.5) is 14.9 Å². The van der Waals surface area contributed by atoms with E-state index < -0.39 is 23.4 Å². The number of carboxylic acid groups (broad SMARTS) is 1. The summed E-state index contributed by atoms with van der Waals surface area (Å²) in [6.07, 6.45) is 0.628. The van der Waals surface area contributed by atoms with Gasteiger partial charge in [0.15, 0.2) is 0 Å². The van der Waals surface area contributed by atoms with Crippen molar-refractivity contribution >= 4 is 23.6 Å². The molecule has 0 aromatic heterocycles. The van der Waals surface area contributed by atoms with Crippen LogP contribution >= 0.6 is 0 Å². The van der Waals surface area contributed by atoms with E-state index in [1.807, 2.05) is 0 Å². The Bertz CT molecular complexity index is 591. The molecule has 0 spiro atoms. The van der Waals surface area contributed by atoms with Gasteiger partial charge in [-0.25, -0.2) is 14.0 Å². The lowest BCUT2D eigenvalue weighted by Crippen LogP contribution is -2.39. The summed E-state index contributed by atoms with van der Waals surface area (Å²) in [6.45, 7) is 0.832. The third-order valence-corrected chi connectivity index (χ3v) is 3.00. The summed E-state index contributed by atoms with van der Waals surface area (Å²) in [5, 5.41) is 13.9. The van der Waals surface area contributed by atoms with Gasteiger partial charge >= 0.3 is 12.0 Å². The minimum atomic E-state index is -1.42. The molecule has 1 aromatic rings. The van der Waals surface area contributed by atoms with Crippen LogP contribution in [-0.4, -0.2) is 47.5 Å². The molecule has 0 bridgehead atoms. The lowest BCUT2D eigenvalue weighted by molar-refractivity contribution is -0.120. The maximum atomic E-state index is 13.3. The molecule has 3 N–H and O–H groups in total. The van der Waals surface area contributed by atoms with Gasteiger partial charge in [-0.1, -0.05) is 0 Å². The molecule has 1 fully saturated rings. The standard InChI is InChI=1S/C13H14FN3O4/c14-10-3-2-8(6-9(10)12(19)20)16-13(21)17-5-1-4-15-11(18)7-17/h2-3,6H,1,4-5,7H2,(H,15,18)(H,16,21)(H,19,20). The minimum absolute atomic E-state index is 0.0706. The van der Waals surface area contributed by atoms with Crippen LogP contribution in [0.2, 0.25) is 0 Å². The van der Waals surface area contributed by atoms with E-state index in [9.17, 15) is 18.8 Å². The Morgan fingerprint density at radius 3 is 2.86 bits per heavy atom. The molecule has 1 aliphatic heterocycles. The fourth-order valence-electron chi connectivity index (χ4n) is 1.95.